The van der Waals surface area contributed by atoms with Gasteiger partial charge in [0, 0.05) is 0 Å². The van der Waals surface area contributed by atoms with Crippen LogP contribution in [0.4, 0.5) is 0 Å². The van der Waals surface area contributed by atoms with Crippen LogP contribution in [0.25, 0.3) is 43.1 Å². The van der Waals surface area contributed by atoms with Crippen molar-refractivity contribution < 1.29 is 5.11 Å². The van der Waals surface area contributed by atoms with Gasteiger partial charge in [-0.15, -0.1) is 0 Å². The fraction of sp³-hybridized carbons (Fsp3) is 0.0714. The summed E-state index contributed by atoms with van der Waals surface area (Å²) < 4.78 is 0. The molecule has 1 atom stereocenters. The Balaban J connectivity index is 1.61. The molecule has 0 heterocycles. The van der Waals surface area contributed by atoms with E-state index in [2.05, 4.69) is 78.9 Å². The van der Waals surface area contributed by atoms with Crippen molar-refractivity contribution in [2.75, 3.05) is 0 Å². The third-order valence-electron chi connectivity index (χ3n) is 6.34. The third kappa shape index (κ3) is 2.38. The number of hydrogen-bond acceptors (Lipinski definition) is 1. The molecule has 0 aromatic heterocycles. The zero-order valence-electron chi connectivity index (χ0n) is 16.2. The van der Waals surface area contributed by atoms with Gasteiger partial charge in [0.2, 0.25) is 0 Å². The lowest BCUT2D eigenvalue weighted by molar-refractivity contribution is 0.103. The predicted octanol–water partition coefficient (Wildman–Crippen LogP) is 6.99. The maximum absolute atomic E-state index is 11.6. The second kappa shape index (κ2) is 5.79. The second-order valence-corrected chi connectivity index (χ2v) is 8.14. The summed E-state index contributed by atoms with van der Waals surface area (Å²) in [6.07, 6.45) is 0. The van der Waals surface area contributed by atoms with Gasteiger partial charge in [-0.2, -0.15) is 0 Å². The first-order valence-corrected chi connectivity index (χ1v) is 10.0. The van der Waals surface area contributed by atoms with E-state index in [1.807, 2.05) is 25.1 Å². The highest BCUT2D eigenvalue weighted by Crippen LogP contribution is 2.39. The van der Waals surface area contributed by atoms with Crippen LogP contribution in [0.1, 0.15) is 18.1 Å². The molecule has 0 aliphatic heterocycles. The highest BCUT2D eigenvalue weighted by Gasteiger charge is 2.27. The van der Waals surface area contributed by atoms with E-state index in [4.69, 9.17) is 0 Å². The number of benzene rings is 6. The van der Waals surface area contributed by atoms with E-state index in [0.29, 0.717) is 0 Å². The van der Waals surface area contributed by atoms with Gasteiger partial charge in [-0.3, -0.25) is 0 Å². The van der Waals surface area contributed by atoms with Crippen molar-refractivity contribution in [3.05, 3.63) is 108 Å². The average Bonchev–Trinajstić information content (AvgIpc) is 2.77. The summed E-state index contributed by atoms with van der Waals surface area (Å²) in [5.74, 6) is 0. The molecule has 6 aromatic carbocycles. The molecule has 0 bridgehead atoms. The Morgan fingerprint density at radius 3 is 1.66 bits per heavy atom. The lowest BCUT2D eigenvalue weighted by Crippen LogP contribution is -2.22. The van der Waals surface area contributed by atoms with Gasteiger partial charge in [0.1, 0.15) is 5.60 Å². The fourth-order valence-electron chi connectivity index (χ4n) is 4.69. The van der Waals surface area contributed by atoms with Crippen molar-refractivity contribution >= 4 is 43.1 Å². The zero-order chi connectivity index (χ0) is 19.6. The van der Waals surface area contributed by atoms with Gasteiger partial charge in [0.25, 0.3) is 0 Å². The Hall–Kier alpha value is -3.42. The van der Waals surface area contributed by atoms with Gasteiger partial charge in [-0.1, -0.05) is 78.9 Å². The van der Waals surface area contributed by atoms with E-state index in [1.54, 1.807) is 0 Å². The number of aliphatic hydroxyl groups is 1. The largest absolute Gasteiger partial charge is 0.381 e. The Morgan fingerprint density at radius 1 is 0.483 bits per heavy atom. The Bertz CT molecular complexity index is 1460. The van der Waals surface area contributed by atoms with Gasteiger partial charge in [0.05, 0.1) is 0 Å². The number of rotatable bonds is 2. The van der Waals surface area contributed by atoms with Crippen molar-refractivity contribution in [1.29, 1.82) is 0 Å². The monoisotopic (exact) mass is 372 g/mol. The molecule has 1 heteroatoms. The summed E-state index contributed by atoms with van der Waals surface area (Å²) in [4.78, 5) is 0. The Kier molecular flexibility index (Phi) is 3.30. The van der Waals surface area contributed by atoms with Crippen LogP contribution in [0.3, 0.4) is 0 Å². The van der Waals surface area contributed by atoms with Gasteiger partial charge >= 0.3 is 0 Å². The van der Waals surface area contributed by atoms with Crippen LogP contribution in [0.5, 0.6) is 0 Å². The zero-order valence-corrected chi connectivity index (χ0v) is 16.2. The third-order valence-corrected chi connectivity index (χ3v) is 6.34. The molecular weight excluding hydrogens is 352 g/mol. The minimum Gasteiger partial charge on any atom is -0.381 e. The molecule has 1 nitrogen and oxygen atoms in total. The van der Waals surface area contributed by atoms with E-state index < -0.39 is 5.60 Å². The summed E-state index contributed by atoms with van der Waals surface area (Å²) in [5.41, 5.74) is 0.747. The highest BCUT2D eigenvalue weighted by molar-refractivity contribution is 6.23. The fourth-order valence-corrected chi connectivity index (χ4v) is 4.69. The van der Waals surface area contributed by atoms with Crippen molar-refractivity contribution in [3.63, 3.8) is 0 Å². The first kappa shape index (κ1) is 16.5. The summed E-state index contributed by atoms with van der Waals surface area (Å²) in [6, 6.07) is 33.9. The number of fused-ring (bicyclic) bond motifs is 1. The molecule has 0 aliphatic carbocycles. The topological polar surface area (TPSA) is 20.2 Å². The molecule has 1 N–H and O–H groups in total. The summed E-state index contributed by atoms with van der Waals surface area (Å²) >= 11 is 0. The summed E-state index contributed by atoms with van der Waals surface area (Å²) in [6.45, 7) is 1.89. The molecule has 6 aromatic rings. The molecule has 0 amide bonds. The molecular formula is C28H20O. The van der Waals surface area contributed by atoms with Gasteiger partial charge < -0.3 is 5.11 Å². The van der Waals surface area contributed by atoms with Crippen LogP contribution in [0.15, 0.2) is 97.1 Å². The number of hydrogen-bond donors (Lipinski definition) is 1. The highest BCUT2D eigenvalue weighted by atomic mass is 16.3. The van der Waals surface area contributed by atoms with Crippen LogP contribution >= 0.6 is 0 Å². The molecule has 0 saturated heterocycles. The molecule has 1 unspecified atom stereocenters. The van der Waals surface area contributed by atoms with Crippen molar-refractivity contribution in [1.82, 2.24) is 0 Å². The maximum atomic E-state index is 11.6. The lowest BCUT2D eigenvalue weighted by Gasteiger charge is -2.26. The normalized spacial score (nSPS) is 14.1. The molecule has 0 radical (unpaired) electrons. The molecule has 0 spiro atoms. The molecule has 29 heavy (non-hydrogen) atoms. The molecule has 0 fully saturated rings. The van der Waals surface area contributed by atoms with Gasteiger partial charge in [-0.25, -0.2) is 0 Å². The van der Waals surface area contributed by atoms with Crippen LogP contribution in [0, 0.1) is 0 Å². The van der Waals surface area contributed by atoms with E-state index in [1.165, 1.54) is 37.7 Å². The standard InChI is InChI=1S/C28H20O/c1-28(29,24-14-13-18-5-2-3-6-21(18)15-24)25-16-22-11-9-19-7-4-8-20-10-12-23(17-25)27(22)26(19)20/h2-17,29H,1H3. The first-order valence-electron chi connectivity index (χ1n) is 10.0. The predicted molar refractivity (Wildman–Crippen MR) is 123 cm³/mol. The molecule has 138 valence electrons. The van der Waals surface area contributed by atoms with Crippen LogP contribution in [0.2, 0.25) is 0 Å². The molecule has 6 rings (SSSR count). The van der Waals surface area contributed by atoms with Crippen molar-refractivity contribution in [3.8, 4) is 0 Å². The van der Waals surface area contributed by atoms with Crippen LogP contribution in [-0.4, -0.2) is 5.11 Å². The SMILES string of the molecule is CC(O)(c1ccc2ccccc2c1)c1cc2ccc3cccc4ccc(c1)c2c34. The summed E-state index contributed by atoms with van der Waals surface area (Å²) in [5, 5.41) is 21.4. The van der Waals surface area contributed by atoms with E-state index in [0.717, 1.165) is 16.5 Å². The Labute approximate surface area is 169 Å². The lowest BCUT2D eigenvalue weighted by atomic mass is 9.84. The average molecular weight is 372 g/mol. The summed E-state index contributed by atoms with van der Waals surface area (Å²) in [7, 11) is 0. The quantitative estimate of drug-likeness (QED) is 0.325. The maximum Gasteiger partial charge on any atom is 0.112 e. The van der Waals surface area contributed by atoms with Crippen LogP contribution in [-0.2, 0) is 5.60 Å². The van der Waals surface area contributed by atoms with Crippen molar-refractivity contribution in [2.24, 2.45) is 0 Å². The minimum absolute atomic E-state index is 0.906. The van der Waals surface area contributed by atoms with Gasteiger partial charge in [-0.05, 0) is 79.3 Å². The van der Waals surface area contributed by atoms with Crippen LogP contribution < -0.4 is 0 Å². The van der Waals surface area contributed by atoms with Gasteiger partial charge in [0.15, 0.2) is 0 Å². The molecule has 0 aliphatic rings. The molecule has 0 saturated carbocycles. The second-order valence-electron chi connectivity index (χ2n) is 8.14. The smallest absolute Gasteiger partial charge is 0.112 e. The first-order chi connectivity index (χ1) is 14.1. The van der Waals surface area contributed by atoms with Crippen molar-refractivity contribution in [2.45, 2.75) is 12.5 Å². The van der Waals surface area contributed by atoms with E-state index in [9.17, 15) is 5.11 Å². The Morgan fingerprint density at radius 2 is 0.966 bits per heavy atom. The van der Waals surface area contributed by atoms with E-state index in [-0.39, 0.29) is 0 Å². The minimum atomic E-state index is -1.07. The van der Waals surface area contributed by atoms with E-state index >= 15 is 0 Å².